The number of nitrogens with two attached hydrogens (primary N) is 1. The molecule has 1 aliphatic heterocycles. The summed E-state index contributed by atoms with van der Waals surface area (Å²) in [4.78, 5) is 6.79. The van der Waals surface area contributed by atoms with Gasteiger partial charge in [-0.05, 0) is 31.6 Å². The van der Waals surface area contributed by atoms with E-state index in [1.54, 1.807) is 0 Å². The lowest BCUT2D eigenvalue weighted by molar-refractivity contribution is 0.262. The average Bonchev–Trinajstić information content (AvgIpc) is 2.66. The fraction of sp³-hybridized carbons (Fsp3) is 0.381. The lowest BCUT2D eigenvalue weighted by Gasteiger charge is -2.27. The lowest BCUT2D eigenvalue weighted by atomic mass is 10.0. The summed E-state index contributed by atoms with van der Waals surface area (Å²) in [7, 11) is 2.14. The van der Waals surface area contributed by atoms with Gasteiger partial charge in [0.05, 0.1) is 12.6 Å². The van der Waals surface area contributed by atoms with Crippen LogP contribution in [0.5, 0.6) is 5.75 Å². The van der Waals surface area contributed by atoms with Crippen LogP contribution in [-0.2, 0) is 6.54 Å². The van der Waals surface area contributed by atoms with E-state index in [9.17, 15) is 0 Å². The Morgan fingerprint density at radius 3 is 2.81 bits per heavy atom. The average molecular weight is 352 g/mol. The van der Waals surface area contributed by atoms with Gasteiger partial charge < -0.3 is 20.7 Å². The topological polar surface area (TPSA) is 62.9 Å². The zero-order valence-electron chi connectivity index (χ0n) is 15.4. The molecule has 5 nitrogen and oxygen atoms in total. The molecule has 0 spiro atoms. The van der Waals surface area contributed by atoms with Gasteiger partial charge in [-0.3, -0.25) is 4.99 Å². The largest absolute Gasteiger partial charge is 0.493 e. The van der Waals surface area contributed by atoms with Gasteiger partial charge in [0.25, 0.3) is 0 Å². The molecule has 0 aliphatic carbocycles. The van der Waals surface area contributed by atoms with Gasteiger partial charge in [0.15, 0.2) is 5.96 Å². The molecule has 0 saturated carbocycles. The van der Waals surface area contributed by atoms with E-state index in [-0.39, 0.29) is 6.04 Å². The van der Waals surface area contributed by atoms with Crippen LogP contribution < -0.4 is 15.8 Å². The highest BCUT2D eigenvalue weighted by Crippen LogP contribution is 2.31. The zero-order valence-corrected chi connectivity index (χ0v) is 15.4. The van der Waals surface area contributed by atoms with Crippen LogP contribution in [-0.4, -0.2) is 37.6 Å². The smallest absolute Gasteiger partial charge is 0.189 e. The quantitative estimate of drug-likeness (QED) is 0.457. The fourth-order valence-electron chi connectivity index (χ4n) is 3.23. The van der Waals surface area contributed by atoms with Crippen molar-refractivity contribution in [3.63, 3.8) is 0 Å². The number of hydrogen-bond donors (Lipinski definition) is 2. The van der Waals surface area contributed by atoms with Crippen LogP contribution in [0.3, 0.4) is 0 Å². The number of hydrogen-bond acceptors (Lipinski definition) is 3. The van der Waals surface area contributed by atoms with E-state index in [1.807, 2.05) is 24.3 Å². The van der Waals surface area contributed by atoms with Crippen molar-refractivity contribution < 1.29 is 4.74 Å². The first-order valence-corrected chi connectivity index (χ1v) is 9.23. The van der Waals surface area contributed by atoms with Crippen LogP contribution in [0, 0.1) is 0 Å². The normalized spacial score (nSPS) is 16.8. The maximum atomic E-state index is 6.09. The van der Waals surface area contributed by atoms with Crippen LogP contribution >= 0.6 is 0 Å². The van der Waals surface area contributed by atoms with E-state index in [4.69, 9.17) is 10.5 Å². The van der Waals surface area contributed by atoms with Crippen LogP contribution in [0.1, 0.15) is 30.0 Å². The van der Waals surface area contributed by atoms with Gasteiger partial charge in [-0.1, -0.05) is 48.5 Å². The van der Waals surface area contributed by atoms with E-state index in [0.717, 1.165) is 43.8 Å². The van der Waals surface area contributed by atoms with Crippen LogP contribution in [0.25, 0.3) is 0 Å². The minimum atomic E-state index is 0.171. The van der Waals surface area contributed by atoms with Crippen LogP contribution in [0.4, 0.5) is 0 Å². The number of nitrogens with one attached hydrogen (secondary N) is 1. The van der Waals surface area contributed by atoms with E-state index in [0.29, 0.717) is 12.6 Å². The van der Waals surface area contributed by atoms with Crippen LogP contribution in [0.2, 0.25) is 0 Å². The van der Waals surface area contributed by atoms with Gasteiger partial charge in [-0.15, -0.1) is 0 Å². The number of benzene rings is 2. The molecule has 3 N–H and O–H groups in total. The summed E-state index contributed by atoms with van der Waals surface area (Å²) in [6.07, 6.45) is 1.88. The minimum absolute atomic E-state index is 0.171. The second-order valence-electron chi connectivity index (χ2n) is 6.72. The molecule has 1 heterocycles. The first-order chi connectivity index (χ1) is 12.7. The third-order valence-corrected chi connectivity index (χ3v) is 4.56. The Morgan fingerprint density at radius 2 is 1.96 bits per heavy atom. The summed E-state index contributed by atoms with van der Waals surface area (Å²) in [5.41, 5.74) is 8.57. The Labute approximate surface area is 155 Å². The Morgan fingerprint density at radius 1 is 1.19 bits per heavy atom. The molecular weight excluding hydrogens is 324 g/mol. The molecule has 0 aromatic heterocycles. The maximum Gasteiger partial charge on any atom is 0.189 e. The summed E-state index contributed by atoms with van der Waals surface area (Å²) in [5, 5.41) is 3.34. The number of nitrogens with zero attached hydrogens (tertiary/aromatic N) is 2. The van der Waals surface area contributed by atoms with Gasteiger partial charge in [0.1, 0.15) is 5.75 Å². The molecule has 1 unspecified atom stereocenters. The Kier molecular flexibility index (Phi) is 6.50. The van der Waals surface area contributed by atoms with Crippen molar-refractivity contribution in [1.29, 1.82) is 0 Å². The molecule has 5 heteroatoms. The highest BCUT2D eigenvalue weighted by Gasteiger charge is 2.21. The van der Waals surface area contributed by atoms with E-state index < -0.39 is 0 Å². The standard InChI is InChI=1S/C21H28N4O/c1-25(16-17-8-3-2-4-9-17)14-7-13-23-21(22)24-19-12-15-26-20-11-6-5-10-18(19)20/h2-6,8-11,19H,7,12-16H2,1H3,(H3,22,23,24). The number of para-hydroxylation sites is 1. The van der Waals surface area contributed by atoms with Crippen molar-refractivity contribution in [2.75, 3.05) is 26.7 Å². The van der Waals surface area contributed by atoms with Gasteiger partial charge in [-0.2, -0.15) is 0 Å². The van der Waals surface area contributed by atoms with Gasteiger partial charge in [-0.25, -0.2) is 0 Å². The summed E-state index contributed by atoms with van der Waals surface area (Å²) in [6.45, 7) is 3.37. The molecule has 2 aromatic carbocycles. The monoisotopic (exact) mass is 352 g/mol. The maximum absolute atomic E-state index is 6.09. The predicted molar refractivity (Wildman–Crippen MR) is 106 cm³/mol. The lowest BCUT2D eigenvalue weighted by Crippen LogP contribution is -2.37. The molecular formula is C21H28N4O. The van der Waals surface area contributed by atoms with Crippen molar-refractivity contribution >= 4 is 5.96 Å². The second-order valence-corrected chi connectivity index (χ2v) is 6.72. The van der Waals surface area contributed by atoms with Crippen molar-refractivity contribution in [3.05, 3.63) is 65.7 Å². The van der Waals surface area contributed by atoms with E-state index in [1.165, 1.54) is 5.56 Å². The molecule has 0 saturated heterocycles. The molecule has 0 amide bonds. The summed E-state index contributed by atoms with van der Waals surface area (Å²) >= 11 is 0. The summed E-state index contributed by atoms with van der Waals surface area (Å²) in [6, 6.07) is 18.8. The Bertz CT molecular complexity index is 717. The molecule has 1 atom stereocenters. The minimum Gasteiger partial charge on any atom is -0.493 e. The number of guanidine groups is 1. The fourth-order valence-corrected chi connectivity index (χ4v) is 3.23. The highest BCUT2D eigenvalue weighted by molar-refractivity contribution is 5.78. The number of rotatable bonds is 7. The molecule has 0 bridgehead atoms. The van der Waals surface area contributed by atoms with Gasteiger partial charge in [0.2, 0.25) is 0 Å². The molecule has 3 rings (SSSR count). The van der Waals surface area contributed by atoms with Gasteiger partial charge >= 0.3 is 0 Å². The molecule has 138 valence electrons. The molecule has 2 aromatic rings. The summed E-state index contributed by atoms with van der Waals surface area (Å²) < 4.78 is 5.68. The van der Waals surface area contributed by atoms with Crippen molar-refractivity contribution in [2.24, 2.45) is 10.7 Å². The third-order valence-electron chi connectivity index (χ3n) is 4.56. The Balaban J connectivity index is 1.42. The van der Waals surface area contributed by atoms with Crippen molar-refractivity contribution in [3.8, 4) is 5.75 Å². The molecule has 0 fully saturated rings. The van der Waals surface area contributed by atoms with Crippen LogP contribution in [0.15, 0.2) is 59.6 Å². The Hall–Kier alpha value is -2.53. The van der Waals surface area contributed by atoms with Gasteiger partial charge in [0, 0.05) is 25.1 Å². The first kappa shape index (κ1) is 18.3. The van der Waals surface area contributed by atoms with Crippen molar-refractivity contribution in [2.45, 2.75) is 25.4 Å². The highest BCUT2D eigenvalue weighted by atomic mass is 16.5. The number of aliphatic imine (C=N–C) groups is 1. The number of fused-ring (bicyclic) bond motifs is 1. The summed E-state index contributed by atoms with van der Waals surface area (Å²) in [5.74, 6) is 1.45. The van der Waals surface area contributed by atoms with Crippen molar-refractivity contribution in [1.82, 2.24) is 10.2 Å². The molecule has 0 radical (unpaired) electrons. The van der Waals surface area contributed by atoms with E-state index in [2.05, 4.69) is 52.6 Å². The van der Waals surface area contributed by atoms with E-state index >= 15 is 0 Å². The number of ether oxygens (including phenoxy) is 1. The first-order valence-electron chi connectivity index (χ1n) is 9.23. The second kappa shape index (κ2) is 9.25. The molecule has 26 heavy (non-hydrogen) atoms. The molecule has 1 aliphatic rings. The third kappa shape index (κ3) is 5.23. The zero-order chi connectivity index (χ0) is 18.2. The SMILES string of the molecule is CN(CCCN=C(N)NC1CCOc2ccccc21)Cc1ccccc1. The predicted octanol–water partition coefficient (Wildman–Crippen LogP) is 2.94.